The number of aliphatic hydroxyl groups is 1. The Morgan fingerprint density at radius 3 is 2.89 bits per heavy atom. The fraction of sp³-hybridized carbons (Fsp3) is 0.519. The van der Waals surface area contributed by atoms with Crippen LogP contribution in [0.4, 0.5) is 4.39 Å². The van der Waals surface area contributed by atoms with E-state index in [0.717, 1.165) is 25.0 Å². The maximum atomic E-state index is 14.3. The molecule has 1 aromatic carbocycles. The number of aromatic nitrogens is 1. The number of nitrogens with one attached hydrogen (secondary N) is 2. The molecule has 3 N–H and O–H groups in total. The van der Waals surface area contributed by atoms with Crippen molar-refractivity contribution < 1.29 is 23.8 Å². The van der Waals surface area contributed by atoms with Crippen molar-refractivity contribution >= 4 is 11.8 Å². The van der Waals surface area contributed by atoms with Crippen molar-refractivity contribution in [2.75, 3.05) is 26.7 Å². The third-order valence-electron chi connectivity index (χ3n) is 6.26. The number of aliphatic hydroxyl groups excluding tert-OH is 1. The number of pyridine rings is 1. The number of nitrogens with zero attached hydrogens (tertiary/aromatic N) is 2. The number of amides is 2. The molecule has 2 atom stereocenters. The summed E-state index contributed by atoms with van der Waals surface area (Å²) < 4.78 is 20.0. The smallest absolute Gasteiger partial charge is 0.239 e. The van der Waals surface area contributed by atoms with Crippen molar-refractivity contribution in [1.82, 2.24) is 20.5 Å². The topological polar surface area (TPSA) is 104 Å². The normalized spacial score (nSPS) is 18.9. The summed E-state index contributed by atoms with van der Waals surface area (Å²) in [6.45, 7) is 3.04. The minimum atomic E-state index is -0.962. The van der Waals surface area contributed by atoms with Gasteiger partial charge in [-0.25, -0.2) is 4.39 Å². The van der Waals surface area contributed by atoms with E-state index in [2.05, 4.69) is 22.5 Å². The molecule has 9 heteroatoms. The number of carbonyl (C=O) groups is 2. The Labute approximate surface area is 212 Å². The molecule has 1 aliphatic heterocycles. The number of hydrogen-bond acceptors (Lipinski definition) is 6. The van der Waals surface area contributed by atoms with Gasteiger partial charge in [0.05, 0.1) is 31.0 Å². The Morgan fingerprint density at radius 1 is 1.25 bits per heavy atom. The highest BCUT2D eigenvalue weighted by molar-refractivity contribution is 5.84. The van der Waals surface area contributed by atoms with Gasteiger partial charge in [0.15, 0.2) is 0 Å². The number of aryl methyl sites for hydroxylation is 1. The molecule has 0 aliphatic carbocycles. The molecule has 8 nitrogen and oxygen atoms in total. The van der Waals surface area contributed by atoms with Crippen LogP contribution in [0.3, 0.4) is 0 Å². The number of fused-ring (bicyclic) bond motifs is 2. The van der Waals surface area contributed by atoms with E-state index >= 15 is 0 Å². The molecule has 0 fully saturated rings. The minimum Gasteiger partial charge on any atom is -0.493 e. The molecule has 1 aromatic heterocycles. The lowest BCUT2D eigenvalue weighted by Crippen LogP contribution is -2.51. The van der Waals surface area contributed by atoms with E-state index in [1.54, 1.807) is 19.3 Å². The number of halogens is 1. The standard InChI is InChI=1S/C27H37FN4O4/c1-3-19-8-9-30-22(12-19)16-29-17-25(33)24-14-20-11-21(28)15-23(13-20)36-10-6-4-5-7-27(35)32(2)18-26(34)31-24/h8-9,11-13,15,24-25,29,33H,3-7,10,14,16-18H2,1-2H3,(H,31,34). The van der Waals surface area contributed by atoms with Crippen LogP contribution in [0.5, 0.6) is 5.75 Å². The minimum absolute atomic E-state index is 0.106. The van der Waals surface area contributed by atoms with Crippen LogP contribution in [0.2, 0.25) is 0 Å². The predicted molar refractivity (Wildman–Crippen MR) is 135 cm³/mol. The molecule has 2 heterocycles. The van der Waals surface area contributed by atoms with Gasteiger partial charge in [-0.1, -0.05) is 6.92 Å². The Bertz CT molecular complexity index is 1020. The zero-order valence-electron chi connectivity index (χ0n) is 21.1. The van der Waals surface area contributed by atoms with Gasteiger partial charge < -0.3 is 25.4 Å². The first-order valence-electron chi connectivity index (χ1n) is 12.6. The van der Waals surface area contributed by atoms with Gasteiger partial charge in [0.25, 0.3) is 0 Å². The van der Waals surface area contributed by atoms with Crippen LogP contribution in [-0.4, -0.2) is 65.7 Å². The number of hydrogen-bond donors (Lipinski definition) is 3. The van der Waals surface area contributed by atoms with Gasteiger partial charge in [-0.05, 0) is 67.5 Å². The fourth-order valence-electron chi connectivity index (χ4n) is 4.19. The SMILES string of the molecule is CCc1ccnc(CNCC(O)C2Cc3cc(F)cc(c3)OCCCCCC(=O)N(C)CC(=O)N2)c1. The van der Waals surface area contributed by atoms with Crippen LogP contribution in [0.15, 0.2) is 36.5 Å². The maximum absolute atomic E-state index is 14.3. The van der Waals surface area contributed by atoms with E-state index in [-0.39, 0.29) is 31.3 Å². The number of carbonyl (C=O) groups excluding carboxylic acids is 2. The lowest BCUT2D eigenvalue weighted by atomic mass is 10.00. The lowest BCUT2D eigenvalue weighted by Gasteiger charge is -2.26. The highest BCUT2D eigenvalue weighted by Crippen LogP contribution is 2.19. The third-order valence-corrected chi connectivity index (χ3v) is 6.26. The van der Waals surface area contributed by atoms with Crippen molar-refractivity contribution in [1.29, 1.82) is 0 Å². The summed E-state index contributed by atoms with van der Waals surface area (Å²) in [6, 6.07) is 7.72. The number of likely N-dealkylation sites (N-methyl/N-ethyl adjacent to an activating group) is 1. The molecule has 0 spiro atoms. The molecule has 0 saturated heterocycles. The quantitative estimate of drug-likeness (QED) is 0.563. The van der Waals surface area contributed by atoms with E-state index in [1.165, 1.54) is 22.6 Å². The average Bonchev–Trinajstić information content (AvgIpc) is 2.84. The zero-order valence-corrected chi connectivity index (χ0v) is 21.1. The maximum Gasteiger partial charge on any atom is 0.239 e. The van der Waals surface area contributed by atoms with Crippen LogP contribution in [0.1, 0.15) is 49.4 Å². The van der Waals surface area contributed by atoms with Gasteiger partial charge in [-0.15, -0.1) is 0 Å². The van der Waals surface area contributed by atoms with Crippen molar-refractivity contribution in [3.63, 3.8) is 0 Å². The highest BCUT2D eigenvalue weighted by atomic mass is 19.1. The molecule has 3 rings (SSSR count). The number of ether oxygens (including phenoxy) is 1. The van der Waals surface area contributed by atoms with Gasteiger partial charge in [0, 0.05) is 38.8 Å². The van der Waals surface area contributed by atoms with Gasteiger partial charge in [0.2, 0.25) is 11.8 Å². The van der Waals surface area contributed by atoms with E-state index in [1.807, 2.05) is 12.1 Å². The molecule has 0 radical (unpaired) electrons. The molecule has 196 valence electrons. The van der Waals surface area contributed by atoms with E-state index < -0.39 is 18.0 Å². The molecule has 2 unspecified atom stereocenters. The third kappa shape index (κ3) is 8.87. The largest absolute Gasteiger partial charge is 0.493 e. The first-order chi connectivity index (χ1) is 17.3. The molecular formula is C27H37FN4O4. The highest BCUT2D eigenvalue weighted by Gasteiger charge is 2.24. The second-order valence-corrected chi connectivity index (χ2v) is 9.29. The Kier molecular flexibility index (Phi) is 10.6. The molecule has 36 heavy (non-hydrogen) atoms. The van der Waals surface area contributed by atoms with Crippen LogP contribution in [-0.2, 0) is 29.0 Å². The summed E-state index contributed by atoms with van der Waals surface area (Å²) in [5, 5.41) is 17.0. The average molecular weight is 501 g/mol. The summed E-state index contributed by atoms with van der Waals surface area (Å²) in [5.74, 6) is -0.515. The summed E-state index contributed by atoms with van der Waals surface area (Å²) in [5.41, 5.74) is 2.63. The first kappa shape index (κ1) is 27.5. The van der Waals surface area contributed by atoms with E-state index in [4.69, 9.17) is 4.74 Å². The molecule has 1 aliphatic rings. The van der Waals surface area contributed by atoms with Crippen molar-refractivity contribution in [2.24, 2.45) is 0 Å². The Morgan fingerprint density at radius 2 is 2.08 bits per heavy atom. The lowest BCUT2D eigenvalue weighted by molar-refractivity contribution is -0.135. The summed E-state index contributed by atoms with van der Waals surface area (Å²) in [7, 11) is 1.59. The summed E-state index contributed by atoms with van der Waals surface area (Å²) >= 11 is 0. The zero-order chi connectivity index (χ0) is 25.9. The fourth-order valence-corrected chi connectivity index (χ4v) is 4.19. The van der Waals surface area contributed by atoms with Gasteiger partial charge in [-0.2, -0.15) is 0 Å². The predicted octanol–water partition coefficient (Wildman–Crippen LogP) is 2.37. The van der Waals surface area contributed by atoms with Crippen LogP contribution in [0, 0.1) is 5.82 Å². The van der Waals surface area contributed by atoms with Gasteiger partial charge in [-0.3, -0.25) is 14.6 Å². The summed E-state index contributed by atoms with van der Waals surface area (Å²) in [4.78, 5) is 30.9. The van der Waals surface area contributed by atoms with Crippen molar-refractivity contribution in [2.45, 2.75) is 64.1 Å². The van der Waals surface area contributed by atoms with Crippen molar-refractivity contribution in [3.8, 4) is 5.75 Å². The molecule has 2 bridgehead atoms. The summed E-state index contributed by atoms with van der Waals surface area (Å²) in [6.07, 6.45) is 4.47. The second kappa shape index (κ2) is 13.9. The van der Waals surface area contributed by atoms with Gasteiger partial charge in [0.1, 0.15) is 11.6 Å². The van der Waals surface area contributed by atoms with Crippen LogP contribution in [0.25, 0.3) is 0 Å². The molecule has 2 aromatic rings. The van der Waals surface area contributed by atoms with Gasteiger partial charge >= 0.3 is 0 Å². The second-order valence-electron chi connectivity index (χ2n) is 9.29. The van der Waals surface area contributed by atoms with Crippen LogP contribution < -0.4 is 15.4 Å². The monoisotopic (exact) mass is 500 g/mol. The van der Waals surface area contributed by atoms with Crippen LogP contribution >= 0.6 is 0 Å². The molecule has 2 amide bonds. The Hall–Kier alpha value is -3.04. The number of benzene rings is 1. The Balaban J connectivity index is 1.72. The molecular weight excluding hydrogens is 463 g/mol. The first-order valence-corrected chi connectivity index (χ1v) is 12.6. The van der Waals surface area contributed by atoms with E-state index in [9.17, 15) is 19.1 Å². The number of rotatable bonds is 6. The van der Waals surface area contributed by atoms with Crippen molar-refractivity contribution in [3.05, 3.63) is 59.2 Å². The van der Waals surface area contributed by atoms with E-state index in [0.29, 0.717) is 37.3 Å². The molecule has 0 saturated carbocycles.